The van der Waals surface area contributed by atoms with Gasteiger partial charge in [-0.1, -0.05) is 0 Å². The summed E-state index contributed by atoms with van der Waals surface area (Å²) in [6, 6.07) is -2.67. The molecule has 0 aromatic carbocycles. The average Bonchev–Trinajstić information content (AvgIpc) is 2.51. The maximum atomic E-state index is 11.7. The van der Waals surface area contributed by atoms with Crippen LogP contribution < -0.4 is 16.0 Å². The van der Waals surface area contributed by atoms with E-state index in [0.29, 0.717) is 0 Å². The SMILES string of the molecule is CN(C)C(=O)C(NCC[N]CCNC(C(=O)O)C(=O)N(C)C)C(=O)O. The average molecular weight is 360 g/mol. The summed E-state index contributed by atoms with van der Waals surface area (Å²) in [5.74, 6) is -3.68. The molecule has 0 fully saturated rings. The fraction of sp³-hybridized carbons (Fsp3) is 0.714. The summed E-state index contributed by atoms with van der Waals surface area (Å²) in [6.45, 7) is 0.835. The van der Waals surface area contributed by atoms with Crippen molar-refractivity contribution in [2.75, 3.05) is 54.4 Å². The van der Waals surface area contributed by atoms with Crippen molar-refractivity contribution in [1.29, 1.82) is 0 Å². The first-order valence-electron chi connectivity index (χ1n) is 7.57. The van der Waals surface area contributed by atoms with Crippen molar-refractivity contribution in [1.82, 2.24) is 25.8 Å². The number of amides is 2. The van der Waals surface area contributed by atoms with Gasteiger partial charge in [0.25, 0.3) is 11.8 Å². The van der Waals surface area contributed by atoms with Crippen LogP contribution in [0.15, 0.2) is 0 Å². The highest BCUT2D eigenvalue weighted by Crippen LogP contribution is 1.91. The molecule has 0 heterocycles. The Labute approximate surface area is 146 Å². The van der Waals surface area contributed by atoms with E-state index in [1.165, 1.54) is 38.0 Å². The second-order valence-corrected chi connectivity index (χ2v) is 5.59. The number of likely N-dealkylation sites (N-methyl/N-ethyl adjacent to an activating group) is 2. The van der Waals surface area contributed by atoms with Crippen molar-refractivity contribution >= 4 is 23.8 Å². The van der Waals surface area contributed by atoms with Crippen LogP contribution in [0.4, 0.5) is 0 Å². The number of rotatable bonds is 12. The van der Waals surface area contributed by atoms with Crippen LogP contribution in [0.5, 0.6) is 0 Å². The van der Waals surface area contributed by atoms with Crippen LogP contribution in [-0.4, -0.2) is 110 Å². The van der Waals surface area contributed by atoms with Gasteiger partial charge in [-0.05, 0) is 0 Å². The van der Waals surface area contributed by atoms with E-state index in [9.17, 15) is 19.2 Å². The molecule has 2 amide bonds. The first-order chi connectivity index (χ1) is 11.6. The van der Waals surface area contributed by atoms with E-state index in [1.807, 2.05) is 0 Å². The Morgan fingerprint density at radius 1 is 0.800 bits per heavy atom. The quantitative estimate of drug-likeness (QED) is 0.210. The molecule has 0 saturated carbocycles. The fourth-order valence-corrected chi connectivity index (χ4v) is 1.76. The van der Waals surface area contributed by atoms with Gasteiger partial charge in [0, 0.05) is 54.4 Å². The van der Waals surface area contributed by atoms with Crippen LogP contribution in [0.2, 0.25) is 0 Å². The molecule has 2 unspecified atom stereocenters. The lowest BCUT2D eigenvalue weighted by atomic mass is 10.2. The van der Waals surface area contributed by atoms with Gasteiger partial charge in [0.15, 0.2) is 12.1 Å². The number of carboxylic acids is 2. The van der Waals surface area contributed by atoms with E-state index in [2.05, 4.69) is 16.0 Å². The van der Waals surface area contributed by atoms with Gasteiger partial charge >= 0.3 is 11.9 Å². The topological polar surface area (TPSA) is 153 Å². The maximum absolute atomic E-state index is 11.7. The molecular formula is C14H26N5O6. The van der Waals surface area contributed by atoms with Gasteiger partial charge in [-0.25, -0.2) is 14.9 Å². The second kappa shape index (κ2) is 11.3. The van der Waals surface area contributed by atoms with Crippen LogP contribution in [-0.2, 0) is 19.2 Å². The molecule has 0 aromatic heterocycles. The van der Waals surface area contributed by atoms with Gasteiger partial charge in [-0.2, -0.15) is 0 Å². The van der Waals surface area contributed by atoms with E-state index in [-0.39, 0.29) is 26.2 Å². The van der Waals surface area contributed by atoms with Crippen molar-refractivity contribution in [2.45, 2.75) is 12.1 Å². The summed E-state index contributed by atoms with van der Waals surface area (Å²) in [5.41, 5.74) is 0. The van der Waals surface area contributed by atoms with Crippen molar-refractivity contribution in [3.05, 3.63) is 0 Å². The molecule has 11 heteroatoms. The predicted molar refractivity (Wildman–Crippen MR) is 88.1 cm³/mol. The Bertz CT molecular complexity index is 440. The van der Waals surface area contributed by atoms with Gasteiger partial charge in [-0.15, -0.1) is 0 Å². The van der Waals surface area contributed by atoms with Gasteiger partial charge in [0.2, 0.25) is 0 Å². The molecular weight excluding hydrogens is 334 g/mol. The highest BCUT2D eigenvalue weighted by molar-refractivity contribution is 6.01. The van der Waals surface area contributed by atoms with Crippen LogP contribution in [0.3, 0.4) is 0 Å². The largest absolute Gasteiger partial charge is 0.480 e. The standard InChI is InChI=1S/C14H26N5O6/c1-18(2)11(20)9(13(22)23)16-7-5-15-6-8-17-10(14(24)25)12(21)19(3)4/h9-10,16-17H,5-8H2,1-4H3,(H,22,23)(H,24,25). The molecule has 0 saturated heterocycles. The lowest BCUT2D eigenvalue weighted by molar-refractivity contribution is -0.148. The molecule has 0 spiro atoms. The Morgan fingerprint density at radius 2 is 1.12 bits per heavy atom. The number of hydrogen-bond donors (Lipinski definition) is 4. The van der Waals surface area contributed by atoms with E-state index >= 15 is 0 Å². The summed E-state index contributed by atoms with van der Waals surface area (Å²) in [4.78, 5) is 47.7. The normalized spacial score (nSPS) is 13.0. The molecule has 0 rings (SSSR count). The van der Waals surface area contributed by atoms with Crippen LogP contribution >= 0.6 is 0 Å². The van der Waals surface area contributed by atoms with Gasteiger partial charge in [0.05, 0.1) is 0 Å². The maximum Gasteiger partial charge on any atom is 0.330 e. The monoisotopic (exact) mass is 360 g/mol. The molecule has 2 atom stereocenters. The molecule has 0 bridgehead atoms. The molecule has 1 radical (unpaired) electrons. The Hall–Kier alpha value is -2.24. The van der Waals surface area contributed by atoms with E-state index in [1.54, 1.807) is 0 Å². The van der Waals surface area contributed by atoms with E-state index in [4.69, 9.17) is 10.2 Å². The minimum atomic E-state index is -1.34. The Kier molecular flexibility index (Phi) is 10.3. The minimum Gasteiger partial charge on any atom is -0.480 e. The third-order valence-electron chi connectivity index (χ3n) is 3.11. The zero-order valence-electron chi connectivity index (χ0n) is 14.9. The van der Waals surface area contributed by atoms with Crippen LogP contribution in [0.1, 0.15) is 0 Å². The fourth-order valence-electron chi connectivity index (χ4n) is 1.76. The third kappa shape index (κ3) is 8.42. The molecule has 4 N–H and O–H groups in total. The van der Waals surface area contributed by atoms with E-state index in [0.717, 1.165) is 0 Å². The Balaban J connectivity index is 4.09. The lowest BCUT2D eigenvalue weighted by Gasteiger charge is -2.19. The molecule has 0 aliphatic rings. The van der Waals surface area contributed by atoms with Gasteiger partial charge in [-0.3, -0.25) is 20.2 Å². The lowest BCUT2D eigenvalue weighted by Crippen LogP contribution is -2.51. The zero-order valence-corrected chi connectivity index (χ0v) is 14.9. The zero-order chi connectivity index (χ0) is 19.6. The van der Waals surface area contributed by atoms with Gasteiger partial charge in [0.1, 0.15) is 0 Å². The van der Waals surface area contributed by atoms with Crippen molar-refractivity contribution in [3.63, 3.8) is 0 Å². The third-order valence-corrected chi connectivity index (χ3v) is 3.11. The van der Waals surface area contributed by atoms with Crippen LogP contribution in [0.25, 0.3) is 0 Å². The molecule has 11 nitrogen and oxygen atoms in total. The smallest absolute Gasteiger partial charge is 0.330 e. The van der Waals surface area contributed by atoms with Crippen molar-refractivity contribution < 1.29 is 29.4 Å². The molecule has 143 valence electrons. The van der Waals surface area contributed by atoms with Gasteiger partial charge < -0.3 is 20.0 Å². The minimum absolute atomic E-state index is 0.176. The van der Waals surface area contributed by atoms with Crippen molar-refractivity contribution in [3.8, 4) is 0 Å². The summed E-state index contributed by atoms with van der Waals surface area (Å²) in [5, 5.41) is 27.3. The number of carboxylic acid groups (broad SMARTS) is 2. The summed E-state index contributed by atoms with van der Waals surface area (Å²) in [7, 11) is 5.85. The highest BCUT2D eigenvalue weighted by Gasteiger charge is 2.27. The number of nitrogens with one attached hydrogen (secondary N) is 2. The summed E-state index contributed by atoms with van der Waals surface area (Å²) < 4.78 is 0. The first kappa shape index (κ1) is 22.8. The number of nitrogens with zero attached hydrogens (tertiary/aromatic N) is 3. The number of carbonyl (C=O) groups is 4. The summed E-state index contributed by atoms with van der Waals surface area (Å²) >= 11 is 0. The Morgan fingerprint density at radius 3 is 1.36 bits per heavy atom. The molecule has 25 heavy (non-hydrogen) atoms. The number of carbonyl (C=O) groups excluding carboxylic acids is 2. The van der Waals surface area contributed by atoms with Crippen molar-refractivity contribution in [2.24, 2.45) is 0 Å². The van der Waals surface area contributed by atoms with E-state index < -0.39 is 35.8 Å². The molecule has 0 aliphatic carbocycles. The second-order valence-electron chi connectivity index (χ2n) is 5.59. The number of aliphatic carboxylic acids is 2. The van der Waals surface area contributed by atoms with Crippen LogP contribution in [0, 0.1) is 0 Å². The predicted octanol–water partition coefficient (Wildman–Crippen LogP) is -3.15. The first-order valence-corrected chi connectivity index (χ1v) is 7.57. The number of hydrogen-bond acceptors (Lipinski definition) is 6. The molecule has 0 aromatic rings. The highest BCUT2D eigenvalue weighted by atomic mass is 16.4. The molecule has 0 aliphatic heterocycles. The summed E-state index contributed by atoms with van der Waals surface area (Å²) in [6.07, 6.45) is 0.